The number of nitrogens with zero attached hydrogens (tertiary/aromatic N) is 3. The normalized spacial score (nSPS) is 14.2. The molecule has 4 rings (SSSR count). The minimum atomic E-state index is -0.394. The molecule has 32 heavy (non-hydrogen) atoms. The number of hydrogen-bond donors (Lipinski definition) is 3. The number of carbonyl (C=O) groups excluding carboxylic acids is 3. The molecule has 0 radical (unpaired) electrons. The molecule has 0 spiro atoms. The summed E-state index contributed by atoms with van der Waals surface area (Å²) in [6.45, 7) is 4.60. The Bertz CT molecular complexity index is 1150. The molecule has 0 aliphatic carbocycles. The second kappa shape index (κ2) is 9.33. The first-order valence-electron chi connectivity index (χ1n) is 10.2. The highest BCUT2D eigenvalue weighted by Gasteiger charge is 2.20. The Balaban J connectivity index is 1.35. The smallest absolute Gasteiger partial charge is 0.323 e. The summed E-state index contributed by atoms with van der Waals surface area (Å²) in [4.78, 5) is 44.6. The molecule has 0 saturated carbocycles. The predicted molar refractivity (Wildman–Crippen MR) is 126 cm³/mol. The standard InChI is InChI=1S/C22H24N6O3S/c1-14(29)23-22-26-18-8-7-17(13-19(18)32-22)25-21(31)24-16-5-3-15(4-6-16)20(30)28-11-9-27(2)10-12-28/h3-8,13H,9-12H2,1-2H3,(H,23,26,29)(H2,24,25,31). The van der Waals surface area contributed by atoms with Gasteiger partial charge in [-0.25, -0.2) is 9.78 Å². The van der Waals surface area contributed by atoms with E-state index in [1.807, 2.05) is 11.9 Å². The quantitative estimate of drug-likeness (QED) is 0.563. The van der Waals surface area contributed by atoms with Crippen LogP contribution in [0, 0.1) is 0 Å². The topological polar surface area (TPSA) is 107 Å². The molecular weight excluding hydrogens is 428 g/mol. The zero-order valence-electron chi connectivity index (χ0n) is 17.8. The Morgan fingerprint density at radius 3 is 2.25 bits per heavy atom. The summed E-state index contributed by atoms with van der Waals surface area (Å²) in [7, 11) is 2.05. The number of aromatic nitrogens is 1. The zero-order valence-corrected chi connectivity index (χ0v) is 18.7. The lowest BCUT2D eigenvalue weighted by Gasteiger charge is -2.32. The fraction of sp³-hybridized carbons (Fsp3) is 0.273. The second-order valence-electron chi connectivity index (χ2n) is 7.63. The molecule has 0 bridgehead atoms. The largest absolute Gasteiger partial charge is 0.336 e. The number of amides is 4. The number of hydrogen-bond acceptors (Lipinski definition) is 6. The maximum absolute atomic E-state index is 12.6. The summed E-state index contributed by atoms with van der Waals surface area (Å²) in [5.41, 5.74) is 2.54. The van der Waals surface area contributed by atoms with Gasteiger partial charge in [0.2, 0.25) is 5.91 Å². The number of carbonyl (C=O) groups is 3. The molecule has 1 aliphatic rings. The molecule has 2 aromatic carbocycles. The van der Waals surface area contributed by atoms with Crippen LogP contribution in [-0.2, 0) is 4.79 Å². The minimum Gasteiger partial charge on any atom is -0.336 e. The van der Waals surface area contributed by atoms with Crippen LogP contribution in [0.2, 0.25) is 0 Å². The van der Waals surface area contributed by atoms with Crippen molar-refractivity contribution in [2.24, 2.45) is 0 Å². The summed E-state index contributed by atoms with van der Waals surface area (Å²) in [6.07, 6.45) is 0. The number of urea groups is 1. The molecule has 3 aromatic rings. The lowest BCUT2D eigenvalue weighted by Crippen LogP contribution is -2.47. The van der Waals surface area contributed by atoms with E-state index >= 15 is 0 Å². The van der Waals surface area contributed by atoms with Gasteiger partial charge in [-0.15, -0.1) is 0 Å². The van der Waals surface area contributed by atoms with E-state index in [4.69, 9.17) is 0 Å². The summed E-state index contributed by atoms with van der Waals surface area (Å²) in [6, 6.07) is 11.8. The number of nitrogens with one attached hydrogen (secondary N) is 3. The number of benzene rings is 2. The molecule has 9 nitrogen and oxygen atoms in total. The van der Waals surface area contributed by atoms with Gasteiger partial charge >= 0.3 is 6.03 Å². The van der Waals surface area contributed by atoms with Crippen molar-refractivity contribution in [2.45, 2.75) is 6.92 Å². The van der Waals surface area contributed by atoms with Crippen molar-refractivity contribution >= 4 is 55.9 Å². The van der Waals surface area contributed by atoms with E-state index in [1.165, 1.54) is 18.3 Å². The summed E-state index contributed by atoms with van der Waals surface area (Å²) < 4.78 is 0.846. The van der Waals surface area contributed by atoms with Gasteiger partial charge in [0.25, 0.3) is 5.91 Å². The molecule has 1 fully saturated rings. The zero-order chi connectivity index (χ0) is 22.7. The Kier molecular flexibility index (Phi) is 6.33. The molecule has 10 heteroatoms. The summed E-state index contributed by atoms with van der Waals surface area (Å²) in [5.74, 6) is -0.177. The Hall–Kier alpha value is -3.50. The SMILES string of the molecule is CC(=O)Nc1nc2ccc(NC(=O)Nc3ccc(C(=O)N4CCN(C)CC4)cc3)cc2s1. The van der Waals surface area contributed by atoms with Crippen molar-refractivity contribution in [1.29, 1.82) is 0 Å². The van der Waals surface area contributed by atoms with Gasteiger partial charge in [0.1, 0.15) is 0 Å². The van der Waals surface area contributed by atoms with Crippen molar-refractivity contribution in [3.05, 3.63) is 48.0 Å². The maximum Gasteiger partial charge on any atom is 0.323 e. The van der Waals surface area contributed by atoms with Crippen LogP contribution in [0.1, 0.15) is 17.3 Å². The van der Waals surface area contributed by atoms with Crippen LogP contribution in [0.15, 0.2) is 42.5 Å². The monoisotopic (exact) mass is 452 g/mol. The fourth-order valence-electron chi connectivity index (χ4n) is 3.39. The molecule has 1 aromatic heterocycles. The van der Waals surface area contributed by atoms with Gasteiger partial charge in [-0.3, -0.25) is 9.59 Å². The lowest BCUT2D eigenvalue weighted by molar-refractivity contribution is -0.114. The van der Waals surface area contributed by atoms with Gasteiger partial charge in [0, 0.05) is 50.0 Å². The van der Waals surface area contributed by atoms with Crippen LogP contribution in [0.25, 0.3) is 10.2 Å². The Morgan fingerprint density at radius 2 is 1.56 bits per heavy atom. The van der Waals surface area contributed by atoms with Gasteiger partial charge < -0.3 is 25.8 Å². The van der Waals surface area contributed by atoms with Crippen LogP contribution in [0.5, 0.6) is 0 Å². The van der Waals surface area contributed by atoms with Crippen molar-refractivity contribution < 1.29 is 14.4 Å². The third-order valence-electron chi connectivity index (χ3n) is 5.11. The number of anilines is 3. The van der Waals surface area contributed by atoms with E-state index in [0.717, 1.165) is 23.3 Å². The first kappa shape index (κ1) is 21.7. The van der Waals surface area contributed by atoms with Gasteiger partial charge in [-0.1, -0.05) is 11.3 Å². The maximum atomic E-state index is 12.6. The van der Waals surface area contributed by atoms with Crippen molar-refractivity contribution in [3.63, 3.8) is 0 Å². The van der Waals surface area contributed by atoms with E-state index in [9.17, 15) is 14.4 Å². The van der Waals surface area contributed by atoms with Crippen molar-refractivity contribution in [1.82, 2.24) is 14.8 Å². The fourth-order valence-corrected chi connectivity index (χ4v) is 4.34. The number of likely N-dealkylation sites (N-methyl/N-ethyl adjacent to an activating group) is 1. The lowest BCUT2D eigenvalue weighted by atomic mass is 10.1. The predicted octanol–water partition coefficient (Wildman–Crippen LogP) is 3.29. The molecule has 2 heterocycles. The van der Waals surface area contributed by atoms with E-state index in [1.54, 1.807) is 42.5 Å². The van der Waals surface area contributed by atoms with Gasteiger partial charge in [0.05, 0.1) is 10.2 Å². The third-order valence-corrected chi connectivity index (χ3v) is 6.04. The number of rotatable bonds is 4. The molecule has 1 aliphatic heterocycles. The van der Waals surface area contributed by atoms with E-state index in [-0.39, 0.29) is 11.8 Å². The molecular formula is C22H24N6O3S. The minimum absolute atomic E-state index is 0.00518. The van der Waals surface area contributed by atoms with Crippen LogP contribution < -0.4 is 16.0 Å². The number of thiazole rings is 1. The van der Waals surface area contributed by atoms with Crippen LogP contribution in [-0.4, -0.2) is 65.9 Å². The molecule has 0 unspecified atom stereocenters. The first-order valence-corrected chi connectivity index (χ1v) is 11.0. The molecule has 1 saturated heterocycles. The van der Waals surface area contributed by atoms with Gasteiger partial charge in [-0.2, -0.15) is 0 Å². The highest BCUT2D eigenvalue weighted by atomic mass is 32.1. The molecule has 3 N–H and O–H groups in total. The van der Waals surface area contributed by atoms with Crippen molar-refractivity contribution in [2.75, 3.05) is 49.2 Å². The summed E-state index contributed by atoms with van der Waals surface area (Å²) in [5, 5.41) is 8.73. The van der Waals surface area contributed by atoms with E-state index in [2.05, 4.69) is 25.8 Å². The van der Waals surface area contributed by atoms with E-state index in [0.29, 0.717) is 35.2 Å². The van der Waals surface area contributed by atoms with Gasteiger partial charge in [-0.05, 0) is 49.5 Å². The molecule has 166 valence electrons. The second-order valence-corrected chi connectivity index (χ2v) is 8.67. The highest BCUT2D eigenvalue weighted by Crippen LogP contribution is 2.28. The summed E-state index contributed by atoms with van der Waals surface area (Å²) >= 11 is 1.33. The average molecular weight is 453 g/mol. The average Bonchev–Trinajstić information content (AvgIpc) is 3.15. The molecule has 4 amide bonds. The highest BCUT2D eigenvalue weighted by molar-refractivity contribution is 7.22. The van der Waals surface area contributed by atoms with Gasteiger partial charge in [0.15, 0.2) is 5.13 Å². The van der Waals surface area contributed by atoms with Crippen LogP contribution in [0.3, 0.4) is 0 Å². The Labute approximate surface area is 189 Å². The first-order chi connectivity index (χ1) is 15.4. The van der Waals surface area contributed by atoms with Crippen LogP contribution >= 0.6 is 11.3 Å². The number of piperazine rings is 1. The van der Waals surface area contributed by atoms with Crippen molar-refractivity contribution in [3.8, 4) is 0 Å². The van der Waals surface area contributed by atoms with Crippen LogP contribution in [0.4, 0.5) is 21.3 Å². The van der Waals surface area contributed by atoms with E-state index < -0.39 is 6.03 Å². The number of fused-ring (bicyclic) bond motifs is 1. The third kappa shape index (κ3) is 5.21. The molecule has 0 atom stereocenters. The Morgan fingerprint density at radius 1 is 0.906 bits per heavy atom.